The van der Waals surface area contributed by atoms with Gasteiger partial charge in [0.05, 0.1) is 0 Å². The molecule has 0 heterocycles. The van der Waals surface area contributed by atoms with E-state index in [9.17, 15) is 0 Å². The smallest absolute Gasteiger partial charge is 0.0357 e. The first-order chi connectivity index (χ1) is 9.40. The Labute approximate surface area is 119 Å². The third kappa shape index (κ3) is 2.49. The maximum absolute atomic E-state index is 1.63. The predicted molar refractivity (Wildman–Crippen MR) is 81.0 cm³/mol. The van der Waals surface area contributed by atoms with E-state index in [-0.39, 0.29) is 0 Å². The molecule has 0 aromatic rings. The quantitative estimate of drug-likeness (QED) is 0.585. The first-order valence-electron chi connectivity index (χ1n) is 9.40. The van der Waals surface area contributed by atoms with E-state index in [1.807, 2.05) is 0 Å². The van der Waals surface area contributed by atoms with Gasteiger partial charge in [-0.2, -0.15) is 0 Å². The van der Waals surface area contributed by atoms with Crippen LogP contribution in [0.5, 0.6) is 0 Å². The van der Waals surface area contributed by atoms with Gasteiger partial charge in [-0.25, -0.2) is 0 Å². The Balaban J connectivity index is 1.18. The van der Waals surface area contributed by atoms with Crippen molar-refractivity contribution in [2.24, 2.45) is 35.5 Å². The minimum atomic E-state index is 1.13. The fourth-order valence-electron chi connectivity index (χ4n) is 5.68. The summed E-state index contributed by atoms with van der Waals surface area (Å²) in [6, 6.07) is 0. The van der Waals surface area contributed by atoms with Crippen molar-refractivity contribution in [3.05, 3.63) is 0 Å². The zero-order chi connectivity index (χ0) is 12.7. The average Bonchev–Trinajstić information content (AvgIpc) is 2.75. The molecule has 4 aliphatic rings. The highest BCUT2D eigenvalue weighted by molar-refractivity contribution is 4.96. The minimum absolute atomic E-state index is 1.13. The highest BCUT2D eigenvalue weighted by Crippen LogP contribution is 2.55. The second kappa shape index (κ2) is 5.41. The molecule has 0 saturated heterocycles. The van der Waals surface area contributed by atoms with E-state index < -0.39 is 0 Å². The van der Waals surface area contributed by atoms with E-state index in [4.69, 9.17) is 0 Å². The fraction of sp³-hybridized carbons (Fsp3) is 1.00. The van der Waals surface area contributed by atoms with Crippen LogP contribution in [-0.2, 0) is 0 Å². The number of hydrogen-bond donors (Lipinski definition) is 0. The molecule has 2 atom stereocenters. The summed E-state index contributed by atoms with van der Waals surface area (Å²) in [6.07, 6.45) is 20.5. The molecule has 4 aliphatic carbocycles. The zero-order valence-electron chi connectivity index (χ0n) is 12.7. The first kappa shape index (κ1) is 12.7. The van der Waals surface area contributed by atoms with Gasteiger partial charge in [0.15, 0.2) is 0 Å². The molecule has 0 bridgehead atoms. The molecular weight excluding hydrogens is 228 g/mol. The Morgan fingerprint density at radius 1 is 0.579 bits per heavy atom. The number of rotatable bonds is 5. The van der Waals surface area contributed by atoms with Crippen LogP contribution in [0.1, 0.15) is 83.5 Å². The van der Waals surface area contributed by atoms with Crippen molar-refractivity contribution in [2.45, 2.75) is 83.5 Å². The zero-order valence-corrected chi connectivity index (χ0v) is 12.7. The van der Waals surface area contributed by atoms with Gasteiger partial charge in [-0.1, -0.05) is 51.4 Å². The Hall–Kier alpha value is 0. The lowest BCUT2D eigenvalue weighted by molar-refractivity contribution is -0.0209. The number of hydrogen-bond acceptors (Lipinski definition) is 0. The van der Waals surface area contributed by atoms with Gasteiger partial charge in [0, 0.05) is 0 Å². The molecule has 0 nitrogen and oxygen atoms in total. The molecule has 0 aromatic heterocycles. The lowest BCUT2D eigenvalue weighted by Gasteiger charge is -2.52. The summed E-state index contributed by atoms with van der Waals surface area (Å²) >= 11 is 0. The molecule has 0 N–H and O–H groups in total. The summed E-state index contributed by atoms with van der Waals surface area (Å²) in [5, 5.41) is 0. The Kier molecular flexibility index (Phi) is 3.62. The molecule has 4 saturated carbocycles. The first-order valence-corrected chi connectivity index (χ1v) is 9.40. The normalized spacial score (nSPS) is 43.6. The predicted octanol–water partition coefficient (Wildman–Crippen LogP) is 5.81. The van der Waals surface area contributed by atoms with Crippen LogP contribution in [0.3, 0.4) is 0 Å². The molecule has 0 radical (unpaired) electrons. The van der Waals surface area contributed by atoms with Crippen molar-refractivity contribution < 1.29 is 0 Å². The SMILES string of the molecule is C1CCC(CCC2CCC2C2CC(C3CCC3)C2)C1. The Morgan fingerprint density at radius 3 is 1.95 bits per heavy atom. The van der Waals surface area contributed by atoms with E-state index in [1.54, 1.807) is 70.6 Å². The molecular formula is C19H32. The second-order valence-corrected chi connectivity index (χ2v) is 8.41. The molecule has 2 unspecified atom stereocenters. The van der Waals surface area contributed by atoms with Crippen LogP contribution in [0.25, 0.3) is 0 Å². The summed E-state index contributed by atoms with van der Waals surface area (Å²) in [7, 11) is 0. The van der Waals surface area contributed by atoms with Gasteiger partial charge in [0.1, 0.15) is 0 Å². The lowest BCUT2D eigenvalue weighted by atomic mass is 9.53. The van der Waals surface area contributed by atoms with E-state index in [0.29, 0.717) is 0 Å². The molecule has 0 spiro atoms. The van der Waals surface area contributed by atoms with Crippen molar-refractivity contribution in [2.75, 3.05) is 0 Å². The van der Waals surface area contributed by atoms with Gasteiger partial charge in [-0.05, 0) is 67.6 Å². The van der Waals surface area contributed by atoms with Crippen LogP contribution in [0.2, 0.25) is 0 Å². The largest absolute Gasteiger partial charge is 0.0530 e. The van der Waals surface area contributed by atoms with E-state index in [2.05, 4.69) is 0 Å². The van der Waals surface area contributed by atoms with E-state index in [0.717, 1.165) is 11.8 Å². The van der Waals surface area contributed by atoms with Gasteiger partial charge in [0.25, 0.3) is 0 Å². The van der Waals surface area contributed by atoms with Crippen LogP contribution < -0.4 is 0 Å². The summed E-state index contributed by atoms with van der Waals surface area (Å²) < 4.78 is 0. The van der Waals surface area contributed by atoms with Crippen molar-refractivity contribution in [1.29, 1.82) is 0 Å². The van der Waals surface area contributed by atoms with E-state index >= 15 is 0 Å². The molecule has 4 rings (SSSR count). The second-order valence-electron chi connectivity index (χ2n) is 8.41. The van der Waals surface area contributed by atoms with Crippen molar-refractivity contribution >= 4 is 0 Å². The third-order valence-electron chi connectivity index (χ3n) is 7.53. The van der Waals surface area contributed by atoms with E-state index in [1.165, 1.54) is 36.5 Å². The monoisotopic (exact) mass is 260 g/mol. The van der Waals surface area contributed by atoms with Crippen molar-refractivity contribution in [3.63, 3.8) is 0 Å². The van der Waals surface area contributed by atoms with Gasteiger partial charge >= 0.3 is 0 Å². The molecule has 0 amide bonds. The molecule has 19 heavy (non-hydrogen) atoms. The topological polar surface area (TPSA) is 0 Å². The van der Waals surface area contributed by atoms with Gasteiger partial charge in [0.2, 0.25) is 0 Å². The van der Waals surface area contributed by atoms with Crippen LogP contribution in [0.15, 0.2) is 0 Å². The van der Waals surface area contributed by atoms with Crippen LogP contribution in [0.4, 0.5) is 0 Å². The third-order valence-corrected chi connectivity index (χ3v) is 7.53. The Morgan fingerprint density at radius 2 is 1.37 bits per heavy atom. The molecule has 4 fully saturated rings. The fourth-order valence-corrected chi connectivity index (χ4v) is 5.68. The van der Waals surface area contributed by atoms with Gasteiger partial charge < -0.3 is 0 Å². The standard InChI is InChI=1S/C19H32/c1-2-5-14(4-1)8-9-16-10-11-19(16)18-12-17(13-18)15-6-3-7-15/h14-19H,1-13H2. The molecule has 0 heteroatoms. The van der Waals surface area contributed by atoms with Crippen LogP contribution in [-0.4, -0.2) is 0 Å². The van der Waals surface area contributed by atoms with Gasteiger partial charge in [-0.3, -0.25) is 0 Å². The Bertz CT molecular complexity index is 291. The van der Waals surface area contributed by atoms with Crippen LogP contribution >= 0.6 is 0 Å². The maximum atomic E-state index is 1.63. The van der Waals surface area contributed by atoms with Gasteiger partial charge in [-0.15, -0.1) is 0 Å². The lowest BCUT2D eigenvalue weighted by Crippen LogP contribution is -2.43. The van der Waals surface area contributed by atoms with Crippen molar-refractivity contribution in [3.8, 4) is 0 Å². The van der Waals surface area contributed by atoms with Crippen LogP contribution in [0, 0.1) is 35.5 Å². The van der Waals surface area contributed by atoms with Crippen molar-refractivity contribution in [1.82, 2.24) is 0 Å². The summed E-state index contributed by atoms with van der Waals surface area (Å²) in [5.41, 5.74) is 0. The average molecular weight is 260 g/mol. The highest BCUT2D eigenvalue weighted by Gasteiger charge is 2.45. The summed E-state index contributed by atoms with van der Waals surface area (Å²) in [5.74, 6) is 6.99. The molecule has 108 valence electrons. The minimum Gasteiger partial charge on any atom is -0.0530 e. The maximum Gasteiger partial charge on any atom is -0.0357 e. The highest BCUT2D eigenvalue weighted by atomic mass is 14.5. The summed E-state index contributed by atoms with van der Waals surface area (Å²) in [4.78, 5) is 0. The summed E-state index contributed by atoms with van der Waals surface area (Å²) in [6.45, 7) is 0. The molecule has 0 aromatic carbocycles. The molecule has 0 aliphatic heterocycles.